The van der Waals surface area contributed by atoms with Crippen molar-refractivity contribution in [1.29, 1.82) is 0 Å². The topological polar surface area (TPSA) is 42.1 Å². The van der Waals surface area contributed by atoms with Gasteiger partial charge in [0.2, 0.25) is 0 Å². The maximum atomic E-state index is 5.88. The quantitative estimate of drug-likeness (QED) is 0.894. The Morgan fingerprint density at radius 3 is 2.63 bits per heavy atom. The second kappa shape index (κ2) is 6.02. The predicted octanol–water partition coefficient (Wildman–Crippen LogP) is 3.18. The van der Waals surface area contributed by atoms with Gasteiger partial charge in [-0.25, -0.2) is 4.98 Å². The third-order valence-corrected chi connectivity index (χ3v) is 3.30. The molecule has 3 heteroatoms. The minimum atomic E-state index is 0.551. The molecule has 0 bridgehead atoms. The summed E-state index contributed by atoms with van der Waals surface area (Å²) >= 11 is 0. The lowest BCUT2D eigenvalue weighted by molar-refractivity contribution is 0.615. The maximum Gasteiger partial charge on any atom is 0.129 e. The molecule has 0 aliphatic carbocycles. The SMILES string of the molecule is CCN(CC(C)C)c1cc(CN)c2ccccc2n1. The van der Waals surface area contributed by atoms with Crippen molar-refractivity contribution in [3.8, 4) is 0 Å². The van der Waals surface area contributed by atoms with Gasteiger partial charge in [-0.3, -0.25) is 0 Å². The predicted molar refractivity (Wildman–Crippen MR) is 82.4 cm³/mol. The molecule has 19 heavy (non-hydrogen) atoms. The highest BCUT2D eigenvalue weighted by molar-refractivity contribution is 5.84. The number of fused-ring (bicyclic) bond motifs is 1. The number of anilines is 1. The Morgan fingerprint density at radius 2 is 2.00 bits per heavy atom. The number of hydrogen-bond donors (Lipinski definition) is 1. The summed E-state index contributed by atoms with van der Waals surface area (Å²) in [5, 5.41) is 1.16. The van der Waals surface area contributed by atoms with Crippen molar-refractivity contribution in [3.63, 3.8) is 0 Å². The van der Waals surface area contributed by atoms with Crippen LogP contribution in [-0.4, -0.2) is 18.1 Å². The Hall–Kier alpha value is -1.61. The van der Waals surface area contributed by atoms with E-state index in [1.165, 1.54) is 5.56 Å². The van der Waals surface area contributed by atoms with Gasteiger partial charge in [-0.2, -0.15) is 0 Å². The van der Waals surface area contributed by atoms with Gasteiger partial charge in [0, 0.05) is 25.0 Å². The maximum absolute atomic E-state index is 5.88. The summed E-state index contributed by atoms with van der Waals surface area (Å²) in [4.78, 5) is 7.09. The number of rotatable bonds is 5. The average Bonchev–Trinajstić information content (AvgIpc) is 2.43. The summed E-state index contributed by atoms with van der Waals surface area (Å²) in [7, 11) is 0. The molecule has 1 heterocycles. The first-order valence-electron chi connectivity index (χ1n) is 6.99. The van der Waals surface area contributed by atoms with Crippen LogP contribution in [0.1, 0.15) is 26.3 Å². The molecule has 2 aromatic rings. The molecule has 0 saturated heterocycles. The van der Waals surface area contributed by atoms with Gasteiger partial charge < -0.3 is 10.6 Å². The summed E-state index contributed by atoms with van der Waals surface area (Å²) in [6.45, 7) is 9.16. The van der Waals surface area contributed by atoms with Crippen molar-refractivity contribution in [2.75, 3.05) is 18.0 Å². The fourth-order valence-electron chi connectivity index (χ4n) is 2.39. The fourth-order valence-corrected chi connectivity index (χ4v) is 2.39. The van der Waals surface area contributed by atoms with Gasteiger partial charge in [0.1, 0.15) is 5.82 Å². The van der Waals surface area contributed by atoms with Crippen molar-refractivity contribution in [1.82, 2.24) is 4.98 Å². The van der Waals surface area contributed by atoms with Crippen molar-refractivity contribution in [2.45, 2.75) is 27.3 Å². The molecule has 0 aliphatic heterocycles. The zero-order valence-corrected chi connectivity index (χ0v) is 12.1. The van der Waals surface area contributed by atoms with Crippen molar-refractivity contribution >= 4 is 16.7 Å². The Kier molecular flexibility index (Phi) is 4.38. The normalized spacial score (nSPS) is 11.2. The minimum absolute atomic E-state index is 0.551. The van der Waals surface area contributed by atoms with Crippen LogP contribution in [-0.2, 0) is 6.54 Å². The zero-order valence-electron chi connectivity index (χ0n) is 12.1. The third-order valence-electron chi connectivity index (χ3n) is 3.30. The highest BCUT2D eigenvalue weighted by Gasteiger charge is 2.11. The summed E-state index contributed by atoms with van der Waals surface area (Å²) in [5.41, 5.74) is 8.08. The van der Waals surface area contributed by atoms with Crippen LogP contribution >= 0.6 is 0 Å². The highest BCUT2D eigenvalue weighted by atomic mass is 15.2. The van der Waals surface area contributed by atoms with Gasteiger partial charge in [0.25, 0.3) is 0 Å². The van der Waals surface area contributed by atoms with Crippen LogP contribution in [0.4, 0.5) is 5.82 Å². The molecule has 0 spiro atoms. The van der Waals surface area contributed by atoms with E-state index < -0.39 is 0 Å². The molecule has 2 N–H and O–H groups in total. The summed E-state index contributed by atoms with van der Waals surface area (Å²) < 4.78 is 0. The van der Waals surface area contributed by atoms with E-state index >= 15 is 0 Å². The van der Waals surface area contributed by atoms with E-state index in [4.69, 9.17) is 10.7 Å². The van der Waals surface area contributed by atoms with E-state index in [2.05, 4.69) is 43.9 Å². The van der Waals surface area contributed by atoms with Crippen molar-refractivity contribution < 1.29 is 0 Å². The molecule has 0 fully saturated rings. The molecular formula is C16H23N3. The fraction of sp³-hybridized carbons (Fsp3) is 0.438. The average molecular weight is 257 g/mol. The number of aromatic nitrogens is 1. The number of benzene rings is 1. The van der Waals surface area contributed by atoms with E-state index in [0.717, 1.165) is 29.8 Å². The molecule has 0 amide bonds. The molecule has 102 valence electrons. The molecule has 0 atom stereocenters. The van der Waals surface area contributed by atoms with Crippen LogP contribution < -0.4 is 10.6 Å². The minimum Gasteiger partial charge on any atom is -0.357 e. The van der Waals surface area contributed by atoms with Gasteiger partial charge >= 0.3 is 0 Å². The Balaban J connectivity index is 2.48. The number of nitrogens with zero attached hydrogens (tertiary/aromatic N) is 2. The van der Waals surface area contributed by atoms with Crippen molar-refractivity contribution in [2.24, 2.45) is 11.7 Å². The monoisotopic (exact) mass is 257 g/mol. The second-order valence-electron chi connectivity index (χ2n) is 5.29. The molecule has 0 aliphatic rings. The van der Waals surface area contributed by atoms with Crippen LogP contribution in [0.15, 0.2) is 30.3 Å². The van der Waals surface area contributed by atoms with Gasteiger partial charge in [0.15, 0.2) is 0 Å². The van der Waals surface area contributed by atoms with Crippen LogP contribution in [0.2, 0.25) is 0 Å². The van der Waals surface area contributed by atoms with Crippen LogP contribution in [0.3, 0.4) is 0 Å². The second-order valence-corrected chi connectivity index (χ2v) is 5.29. The lowest BCUT2D eigenvalue weighted by Gasteiger charge is -2.25. The molecule has 0 unspecified atom stereocenters. The molecule has 0 saturated carbocycles. The van der Waals surface area contributed by atoms with E-state index in [9.17, 15) is 0 Å². The first kappa shape index (κ1) is 13.8. The standard InChI is InChI=1S/C16H23N3/c1-4-19(11-12(2)3)16-9-13(10-17)14-7-5-6-8-15(14)18-16/h5-9,12H,4,10-11,17H2,1-3H3. The third kappa shape index (κ3) is 3.04. The van der Waals surface area contributed by atoms with Gasteiger partial charge in [-0.05, 0) is 30.5 Å². The molecule has 0 radical (unpaired) electrons. The summed E-state index contributed by atoms with van der Waals surface area (Å²) in [5.74, 6) is 1.66. The van der Waals surface area contributed by atoms with Crippen LogP contribution in [0.25, 0.3) is 10.9 Å². The highest BCUT2D eigenvalue weighted by Crippen LogP contribution is 2.23. The molecule has 2 rings (SSSR count). The summed E-state index contributed by atoms with van der Waals surface area (Å²) in [6, 6.07) is 10.3. The van der Waals surface area contributed by atoms with Crippen LogP contribution in [0, 0.1) is 5.92 Å². The first-order valence-corrected chi connectivity index (χ1v) is 6.99. The lowest BCUT2D eigenvalue weighted by Crippen LogP contribution is -2.28. The van der Waals surface area contributed by atoms with Gasteiger partial charge in [-0.1, -0.05) is 32.0 Å². The number of para-hydroxylation sites is 1. The summed E-state index contributed by atoms with van der Waals surface area (Å²) in [6.07, 6.45) is 0. The number of nitrogens with two attached hydrogens (primary N) is 1. The van der Waals surface area contributed by atoms with Gasteiger partial charge in [0.05, 0.1) is 5.52 Å². The first-order chi connectivity index (χ1) is 9.15. The molecular weight excluding hydrogens is 234 g/mol. The Bertz CT molecular complexity index is 549. The van der Waals surface area contributed by atoms with Crippen LogP contribution in [0.5, 0.6) is 0 Å². The van der Waals surface area contributed by atoms with E-state index in [1.54, 1.807) is 0 Å². The lowest BCUT2D eigenvalue weighted by atomic mass is 10.1. The van der Waals surface area contributed by atoms with Gasteiger partial charge in [-0.15, -0.1) is 0 Å². The molecule has 1 aromatic heterocycles. The van der Waals surface area contributed by atoms with E-state index in [0.29, 0.717) is 12.5 Å². The van der Waals surface area contributed by atoms with E-state index in [1.807, 2.05) is 12.1 Å². The number of hydrogen-bond acceptors (Lipinski definition) is 3. The van der Waals surface area contributed by atoms with Crippen molar-refractivity contribution in [3.05, 3.63) is 35.9 Å². The number of pyridine rings is 1. The largest absolute Gasteiger partial charge is 0.357 e. The van der Waals surface area contributed by atoms with E-state index in [-0.39, 0.29) is 0 Å². The smallest absolute Gasteiger partial charge is 0.129 e. The molecule has 1 aromatic carbocycles. The molecule has 3 nitrogen and oxygen atoms in total. The Labute approximate surface area is 115 Å². The Morgan fingerprint density at radius 1 is 1.26 bits per heavy atom. The zero-order chi connectivity index (χ0) is 13.8.